The van der Waals surface area contributed by atoms with E-state index in [1.165, 1.54) is 19.4 Å². The van der Waals surface area contributed by atoms with Gasteiger partial charge in [-0.15, -0.1) is 0 Å². The minimum atomic E-state index is -3.73. The Kier molecular flexibility index (Phi) is 6.38. The van der Waals surface area contributed by atoms with Gasteiger partial charge in [0.05, 0.1) is 19.9 Å². The lowest BCUT2D eigenvalue weighted by Gasteiger charge is -2.10. The third kappa shape index (κ3) is 4.73. The number of hydrogen-bond donors (Lipinski definition) is 1. The Balaban J connectivity index is 1.65. The molecule has 0 aliphatic heterocycles. The standard InChI is InChI=1S/C19H19BrN2O5S/c1-25-16-6-3-13(4-7-16)19-22-15(12-27-19)9-10-21-28(23,24)18-11-14(20)5-8-17(18)26-2/h3-8,11-12,21H,9-10H2,1-2H3. The molecule has 0 amide bonds. The number of sulfonamides is 1. The largest absolute Gasteiger partial charge is 0.497 e. The molecule has 0 spiro atoms. The van der Waals surface area contributed by atoms with Crippen LogP contribution in [0.15, 0.2) is 62.5 Å². The van der Waals surface area contributed by atoms with E-state index in [9.17, 15) is 8.42 Å². The fourth-order valence-electron chi connectivity index (χ4n) is 2.54. The minimum absolute atomic E-state index is 0.0726. The third-order valence-electron chi connectivity index (χ3n) is 3.98. The Morgan fingerprint density at radius 1 is 1.11 bits per heavy atom. The number of methoxy groups -OCH3 is 2. The normalized spacial score (nSPS) is 11.4. The molecule has 0 atom stereocenters. The van der Waals surface area contributed by atoms with Crippen LogP contribution < -0.4 is 14.2 Å². The number of halogens is 1. The van der Waals surface area contributed by atoms with Crippen LogP contribution in [0.1, 0.15) is 5.69 Å². The van der Waals surface area contributed by atoms with Gasteiger partial charge in [-0.1, -0.05) is 15.9 Å². The Morgan fingerprint density at radius 2 is 1.86 bits per heavy atom. The van der Waals surface area contributed by atoms with Crippen LogP contribution in [0.2, 0.25) is 0 Å². The zero-order valence-corrected chi connectivity index (χ0v) is 17.7. The molecule has 0 saturated carbocycles. The number of ether oxygens (including phenoxy) is 2. The molecule has 7 nitrogen and oxygen atoms in total. The highest BCUT2D eigenvalue weighted by molar-refractivity contribution is 9.10. The van der Waals surface area contributed by atoms with Gasteiger partial charge in [0.25, 0.3) is 0 Å². The molecule has 2 aromatic carbocycles. The smallest absolute Gasteiger partial charge is 0.244 e. The first-order chi connectivity index (χ1) is 13.4. The first kappa shape index (κ1) is 20.4. The predicted octanol–water partition coefficient (Wildman–Crippen LogP) is 3.64. The van der Waals surface area contributed by atoms with Crippen molar-refractivity contribution in [3.63, 3.8) is 0 Å². The van der Waals surface area contributed by atoms with Crippen molar-refractivity contribution >= 4 is 26.0 Å². The number of oxazole rings is 1. The van der Waals surface area contributed by atoms with Gasteiger partial charge in [0, 0.05) is 23.0 Å². The predicted molar refractivity (Wildman–Crippen MR) is 108 cm³/mol. The molecule has 148 valence electrons. The van der Waals surface area contributed by atoms with E-state index in [-0.39, 0.29) is 17.2 Å². The molecule has 1 heterocycles. The lowest BCUT2D eigenvalue weighted by molar-refractivity contribution is 0.402. The summed E-state index contributed by atoms with van der Waals surface area (Å²) >= 11 is 3.28. The summed E-state index contributed by atoms with van der Waals surface area (Å²) in [4.78, 5) is 4.47. The highest BCUT2D eigenvalue weighted by atomic mass is 79.9. The van der Waals surface area contributed by atoms with E-state index < -0.39 is 10.0 Å². The molecule has 0 fully saturated rings. The Labute approximate surface area is 171 Å². The maximum atomic E-state index is 12.6. The number of hydrogen-bond acceptors (Lipinski definition) is 6. The summed E-state index contributed by atoms with van der Waals surface area (Å²) in [7, 11) is -0.697. The van der Waals surface area contributed by atoms with Crippen molar-refractivity contribution in [1.82, 2.24) is 9.71 Å². The van der Waals surface area contributed by atoms with Crippen molar-refractivity contribution in [3.8, 4) is 23.0 Å². The summed E-state index contributed by atoms with van der Waals surface area (Å²) in [6.07, 6.45) is 1.91. The van der Waals surface area contributed by atoms with Gasteiger partial charge < -0.3 is 13.9 Å². The zero-order chi connectivity index (χ0) is 20.1. The molecule has 0 bridgehead atoms. The second-order valence-electron chi connectivity index (χ2n) is 5.82. The van der Waals surface area contributed by atoms with Crippen molar-refractivity contribution in [2.45, 2.75) is 11.3 Å². The Hall–Kier alpha value is -2.36. The van der Waals surface area contributed by atoms with Gasteiger partial charge in [-0.2, -0.15) is 0 Å². The van der Waals surface area contributed by atoms with Gasteiger partial charge in [0.2, 0.25) is 15.9 Å². The lowest BCUT2D eigenvalue weighted by atomic mass is 10.2. The maximum Gasteiger partial charge on any atom is 0.244 e. The molecule has 0 aliphatic rings. The van der Waals surface area contributed by atoms with Gasteiger partial charge in [-0.25, -0.2) is 18.1 Å². The van der Waals surface area contributed by atoms with Gasteiger partial charge in [-0.3, -0.25) is 0 Å². The van der Waals surface area contributed by atoms with Gasteiger partial charge in [-0.05, 0) is 42.5 Å². The van der Waals surface area contributed by atoms with Crippen molar-refractivity contribution in [1.29, 1.82) is 0 Å². The zero-order valence-electron chi connectivity index (χ0n) is 15.3. The second-order valence-corrected chi connectivity index (χ2v) is 8.47. The van der Waals surface area contributed by atoms with Crippen molar-refractivity contribution in [3.05, 3.63) is 58.9 Å². The van der Waals surface area contributed by atoms with Crippen LogP contribution in [0.25, 0.3) is 11.5 Å². The van der Waals surface area contributed by atoms with E-state index in [2.05, 4.69) is 25.6 Å². The van der Waals surface area contributed by atoms with Crippen molar-refractivity contribution < 1.29 is 22.3 Å². The number of benzene rings is 2. The van der Waals surface area contributed by atoms with E-state index in [1.54, 1.807) is 19.2 Å². The van der Waals surface area contributed by atoms with Crippen molar-refractivity contribution in [2.24, 2.45) is 0 Å². The van der Waals surface area contributed by atoms with Crippen LogP contribution in [0.3, 0.4) is 0 Å². The molecule has 1 aromatic heterocycles. The minimum Gasteiger partial charge on any atom is -0.497 e. The molecule has 0 saturated heterocycles. The molecule has 0 aliphatic carbocycles. The molecule has 0 radical (unpaired) electrons. The third-order valence-corrected chi connectivity index (χ3v) is 5.95. The fraction of sp³-hybridized carbons (Fsp3) is 0.211. The summed E-state index contributed by atoms with van der Waals surface area (Å²) in [5.41, 5.74) is 1.46. The summed E-state index contributed by atoms with van der Waals surface area (Å²) in [6, 6.07) is 12.1. The second kappa shape index (κ2) is 8.76. The van der Waals surface area contributed by atoms with Gasteiger partial charge in [0.1, 0.15) is 22.7 Å². The summed E-state index contributed by atoms with van der Waals surface area (Å²) in [6.45, 7) is 0.173. The topological polar surface area (TPSA) is 90.7 Å². The molecule has 9 heteroatoms. The SMILES string of the molecule is COc1ccc(-c2nc(CCNS(=O)(=O)c3cc(Br)ccc3OC)co2)cc1. The van der Waals surface area contributed by atoms with Crippen LogP contribution in [0, 0.1) is 0 Å². The van der Waals surface area contributed by atoms with E-state index in [0.717, 1.165) is 11.3 Å². The van der Waals surface area contributed by atoms with Crippen LogP contribution >= 0.6 is 15.9 Å². The lowest BCUT2D eigenvalue weighted by Crippen LogP contribution is -2.26. The highest BCUT2D eigenvalue weighted by Crippen LogP contribution is 2.27. The first-order valence-electron chi connectivity index (χ1n) is 8.35. The molecule has 1 N–H and O–H groups in total. The summed E-state index contributed by atoms with van der Waals surface area (Å²) < 4.78 is 44.1. The molecule has 3 aromatic rings. The fourth-order valence-corrected chi connectivity index (χ4v) is 4.28. The van der Waals surface area contributed by atoms with Crippen molar-refractivity contribution in [2.75, 3.05) is 20.8 Å². The monoisotopic (exact) mass is 466 g/mol. The Morgan fingerprint density at radius 3 is 2.54 bits per heavy atom. The number of nitrogens with zero attached hydrogens (tertiary/aromatic N) is 1. The maximum absolute atomic E-state index is 12.6. The van der Waals surface area contributed by atoms with E-state index >= 15 is 0 Å². The number of rotatable bonds is 8. The average molecular weight is 467 g/mol. The quantitative estimate of drug-likeness (QED) is 0.544. The van der Waals surface area contributed by atoms with Crippen LogP contribution in [0.5, 0.6) is 11.5 Å². The molecule has 28 heavy (non-hydrogen) atoms. The van der Waals surface area contributed by atoms with E-state index in [4.69, 9.17) is 13.9 Å². The average Bonchev–Trinajstić information content (AvgIpc) is 3.17. The Bertz CT molecular complexity index is 1050. The molecular formula is C19H19BrN2O5S. The van der Waals surface area contributed by atoms with E-state index in [0.29, 0.717) is 22.5 Å². The summed E-state index contributed by atoms with van der Waals surface area (Å²) in [5.74, 6) is 1.49. The molecule has 0 unspecified atom stereocenters. The molecular weight excluding hydrogens is 448 g/mol. The highest BCUT2D eigenvalue weighted by Gasteiger charge is 2.19. The van der Waals surface area contributed by atoms with Crippen LogP contribution in [-0.2, 0) is 16.4 Å². The first-order valence-corrected chi connectivity index (χ1v) is 10.6. The summed E-state index contributed by atoms with van der Waals surface area (Å²) in [5, 5.41) is 0. The van der Waals surface area contributed by atoms with Crippen LogP contribution in [0.4, 0.5) is 0 Å². The number of nitrogens with one attached hydrogen (secondary N) is 1. The number of aromatic nitrogens is 1. The van der Waals surface area contributed by atoms with Crippen LogP contribution in [-0.4, -0.2) is 34.2 Å². The van der Waals surface area contributed by atoms with E-state index in [1.807, 2.05) is 24.3 Å². The van der Waals surface area contributed by atoms with Gasteiger partial charge in [0.15, 0.2) is 0 Å². The molecule has 3 rings (SSSR count). The van der Waals surface area contributed by atoms with Gasteiger partial charge >= 0.3 is 0 Å².